The van der Waals surface area contributed by atoms with Crippen LogP contribution in [0.4, 0.5) is 5.69 Å². The summed E-state index contributed by atoms with van der Waals surface area (Å²) in [4.78, 5) is 15.0. The molecule has 1 amide bonds. The standard InChI is InChI=1S/C24H29ClN4O3/c1-28-21(10-11-26-28)20-16-19(8-9-22(20)32-15-14-29-12-2-3-13-29)27-24(31)23(30)17-4-6-18(25)7-5-17/h4-9,11,16,21,23,30H,2-3,10,12-15H2,1H3,(H,27,31). The first-order valence-electron chi connectivity index (χ1n) is 11.0. The van der Waals surface area contributed by atoms with Gasteiger partial charge in [0.15, 0.2) is 6.10 Å². The number of anilines is 1. The number of nitrogens with zero attached hydrogens (tertiary/aromatic N) is 3. The molecule has 0 bridgehead atoms. The molecule has 1 fully saturated rings. The molecular formula is C24H29ClN4O3. The van der Waals surface area contributed by atoms with Gasteiger partial charge in [-0.15, -0.1) is 0 Å². The van der Waals surface area contributed by atoms with E-state index in [0.717, 1.165) is 37.4 Å². The molecule has 0 saturated carbocycles. The Morgan fingerprint density at radius 1 is 1.25 bits per heavy atom. The summed E-state index contributed by atoms with van der Waals surface area (Å²) < 4.78 is 6.15. The van der Waals surface area contributed by atoms with Crippen LogP contribution in [0.1, 0.15) is 42.5 Å². The van der Waals surface area contributed by atoms with Crippen LogP contribution >= 0.6 is 11.6 Å². The second-order valence-corrected chi connectivity index (χ2v) is 8.65. The summed E-state index contributed by atoms with van der Waals surface area (Å²) in [6, 6.07) is 12.2. The molecule has 2 unspecified atom stereocenters. The second kappa shape index (κ2) is 10.3. The van der Waals surface area contributed by atoms with Gasteiger partial charge in [0.1, 0.15) is 12.4 Å². The van der Waals surface area contributed by atoms with Gasteiger partial charge in [0.2, 0.25) is 0 Å². The molecule has 2 aliphatic heterocycles. The summed E-state index contributed by atoms with van der Waals surface area (Å²) >= 11 is 5.89. The molecule has 0 aliphatic carbocycles. The molecule has 2 aromatic carbocycles. The number of benzene rings is 2. The van der Waals surface area contributed by atoms with E-state index in [4.69, 9.17) is 16.3 Å². The van der Waals surface area contributed by atoms with E-state index in [2.05, 4.69) is 15.3 Å². The Hall–Kier alpha value is -2.61. The number of hydrogen-bond donors (Lipinski definition) is 2. The second-order valence-electron chi connectivity index (χ2n) is 8.22. The first-order valence-corrected chi connectivity index (χ1v) is 11.4. The van der Waals surface area contributed by atoms with Crippen LogP contribution in [0.3, 0.4) is 0 Å². The Bertz CT molecular complexity index is 960. The van der Waals surface area contributed by atoms with E-state index in [0.29, 0.717) is 22.9 Å². The van der Waals surface area contributed by atoms with Crippen molar-refractivity contribution in [1.82, 2.24) is 9.91 Å². The summed E-state index contributed by atoms with van der Waals surface area (Å²) in [5.41, 5.74) is 2.05. The van der Waals surface area contributed by atoms with Crippen LogP contribution in [0.25, 0.3) is 0 Å². The minimum absolute atomic E-state index is 0.0369. The molecule has 2 atom stereocenters. The average molecular weight is 457 g/mol. The maximum atomic E-state index is 12.6. The number of hydrazone groups is 1. The number of likely N-dealkylation sites (tertiary alicyclic amines) is 1. The van der Waals surface area contributed by atoms with Gasteiger partial charge in [0.25, 0.3) is 5.91 Å². The first kappa shape index (κ1) is 22.6. The van der Waals surface area contributed by atoms with Crippen molar-refractivity contribution in [2.24, 2.45) is 5.10 Å². The zero-order valence-corrected chi connectivity index (χ0v) is 19.0. The SMILES string of the molecule is CN1N=CCC1c1cc(NC(=O)C(O)c2ccc(Cl)cc2)ccc1OCCN1CCCC1. The lowest BCUT2D eigenvalue weighted by molar-refractivity contribution is -0.124. The Morgan fingerprint density at radius 2 is 2.00 bits per heavy atom. The fraction of sp³-hybridized carbons (Fsp3) is 0.417. The molecule has 32 heavy (non-hydrogen) atoms. The number of hydrogen-bond acceptors (Lipinski definition) is 6. The van der Waals surface area contributed by atoms with Crippen LogP contribution in [0.5, 0.6) is 5.75 Å². The first-order chi connectivity index (χ1) is 15.5. The zero-order valence-electron chi connectivity index (χ0n) is 18.2. The lowest BCUT2D eigenvalue weighted by Gasteiger charge is -2.24. The van der Waals surface area contributed by atoms with E-state index in [1.54, 1.807) is 30.3 Å². The lowest BCUT2D eigenvalue weighted by Crippen LogP contribution is -2.25. The predicted octanol–water partition coefficient (Wildman–Crippen LogP) is 3.85. The van der Waals surface area contributed by atoms with E-state index in [1.165, 1.54) is 12.8 Å². The Labute approximate surface area is 193 Å². The van der Waals surface area contributed by atoms with E-state index in [9.17, 15) is 9.90 Å². The zero-order chi connectivity index (χ0) is 22.5. The third-order valence-electron chi connectivity index (χ3n) is 5.98. The molecule has 1 saturated heterocycles. The monoisotopic (exact) mass is 456 g/mol. The summed E-state index contributed by atoms with van der Waals surface area (Å²) in [6.45, 7) is 3.79. The van der Waals surface area contributed by atoms with Gasteiger partial charge in [-0.1, -0.05) is 23.7 Å². The summed E-state index contributed by atoms with van der Waals surface area (Å²) in [5.74, 6) is 0.291. The maximum Gasteiger partial charge on any atom is 0.257 e. The van der Waals surface area contributed by atoms with E-state index in [-0.39, 0.29) is 6.04 Å². The molecule has 4 rings (SSSR count). The van der Waals surface area contributed by atoms with Crippen molar-refractivity contribution in [3.63, 3.8) is 0 Å². The van der Waals surface area contributed by atoms with Gasteiger partial charge in [0.05, 0.1) is 6.04 Å². The van der Waals surface area contributed by atoms with Crippen LogP contribution in [0.2, 0.25) is 5.02 Å². The quantitative estimate of drug-likeness (QED) is 0.631. The van der Waals surface area contributed by atoms with Crippen molar-refractivity contribution < 1.29 is 14.6 Å². The number of nitrogens with one attached hydrogen (secondary N) is 1. The van der Waals surface area contributed by atoms with Crippen LogP contribution < -0.4 is 10.1 Å². The summed E-state index contributed by atoms with van der Waals surface area (Å²) in [7, 11) is 1.93. The molecule has 2 N–H and O–H groups in total. The molecule has 0 spiro atoms. The van der Waals surface area contributed by atoms with Crippen molar-refractivity contribution in [2.75, 3.05) is 38.6 Å². The number of ether oxygens (including phenoxy) is 1. The fourth-order valence-electron chi connectivity index (χ4n) is 4.15. The van der Waals surface area contributed by atoms with Crippen molar-refractivity contribution in [1.29, 1.82) is 0 Å². The number of amides is 1. The number of carbonyl (C=O) groups excluding carboxylic acids is 1. The third kappa shape index (κ3) is 5.41. The van der Waals surface area contributed by atoms with Gasteiger partial charge in [0, 0.05) is 42.5 Å². The normalized spacial score (nSPS) is 19.3. The molecule has 0 aromatic heterocycles. The topological polar surface area (TPSA) is 77.4 Å². The van der Waals surface area contributed by atoms with Gasteiger partial charge in [-0.3, -0.25) is 14.7 Å². The number of aliphatic hydroxyl groups excluding tert-OH is 1. The van der Waals surface area contributed by atoms with Crippen molar-refractivity contribution in [2.45, 2.75) is 31.4 Å². The number of halogens is 1. The van der Waals surface area contributed by atoms with Crippen molar-refractivity contribution in [3.8, 4) is 5.75 Å². The van der Waals surface area contributed by atoms with Crippen LogP contribution in [0.15, 0.2) is 47.6 Å². The minimum atomic E-state index is -1.29. The van der Waals surface area contributed by atoms with Gasteiger partial charge in [-0.25, -0.2) is 0 Å². The Morgan fingerprint density at radius 3 is 2.69 bits per heavy atom. The van der Waals surface area contributed by atoms with Crippen molar-refractivity contribution >= 4 is 29.4 Å². The largest absolute Gasteiger partial charge is 0.492 e. The highest BCUT2D eigenvalue weighted by atomic mass is 35.5. The van der Waals surface area contributed by atoms with Gasteiger partial charge < -0.3 is 15.2 Å². The summed E-state index contributed by atoms with van der Waals surface area (Å²) in [5, 5.41) is 20.0. The Balaban J connectivity index is 1.47. The van der Waals surface area contributed by atoms with E-state index < -0.39 is 12.0 Å². The molecule has 8 heteroatoms. The highest BCUT2D eigenvalue weighted by molar-refractivity contribution is 6.30. The number of aliphatic hydroxyl groups is 1. The van der Waals surface area contributed by atoms with E-state index >= 15 is 0 Å². The maximum absolute atomic E-state index is 12.6. The van der Waals surface area contributed by atoms with Gasteiger partial charge >= 0.3 is 0 Å². The molecule has 0 radical (unpaired) electrons. The van der Waals surface area contributed by atoms with E-state index in [1.807, 2.05) is 30.4 Å². The lowest BCUT2D eigenvalue weighted by atomic mass is 10.0. The number of carbonyl (C=O) groups is 1. The molecule has 2 aliphatic rings. The van der Waals surface area contributed by atoms with Crippen LogP contribution in [-0.4, -0.2) is 60.4 Å². The van der Waals surface area contributed by atoms with Crippen LogP contribution in [-0.2, 0) is 4.79 Å². The molecule has 7 nitrogen and oxygen atoms in total. The average Bonchev–Trinajstić information content (AvgIpc) is 3.46. The van der Waals surface area contributed by atoms with Gasteiger partial charge in [-0.2, -0.15) is 5.10 Å². The van der Waals surface area contributed by atoms with Crippen LogP contribution in [0, 0.1) is 0 Å². The minimum Gasteiger partial charge on any atom is -0.492 e. The highest BCUT2D eigenvalue weighted by Gasteiger charge is 2.25. The Kier molecular flexibility index (Phi) is 7.29. The third-order valence-corrected chi connectivity index (χ3v) is 6.23. The fourth-order valence-corrected chi connectivity index (χ4v) is 4.28. The van der Waals surface area contributed by atoms with Gasteiger partial charge in [-0.05, 0) is 61.8 Å². The molecular weight excluding hydrogens is 428 g/mol. The number of rotatable bonds is 8. The highest BCUT2D eigenvalue weighted by Crippen LogP contribution is 2.35. The van der Waals surface area contributed by atoms with Crippen molar-refractivity contribution in [3.05, 3.63) is 58.6 Å². The smallest absolute Gasteiger partial charge is 0.257 e. The molecule has 170 valence electrons. The molecule has 2 heterocycles. The summed E-state index contributed by atoms with van der Waals surface area (Å²) in [6.07, 6.45) is 3.87. The molecule has 2 aromatic rings. The predicted molar refractivity (Wildman–Crippen MR) is 126 cm³/mol.